The molecule has 0 heterocycles. The number of carbonyl (C=O) groups excluding carboxylic acids is 3. The molecule has 7 unspecified atom stereocenters. The lowest BCUT2D eigenvalue weighted by molar-refractivity contribution is -0.157. The van der Waals surface area contributed by atoms with Gasteiger partial charge < -0.3 is 9.47 Å². The van der Waals surface area contributed by atoms with Gasteiger partial charge in [-0.15, -0.1) is 11.6 Å². The third-order valence-electron chi connectivity index (χ3n) is 11.4. The number of alkyl halides is 1. The van der Waals surface area contributed by atoms with Gasteiger partial charge in [-0.2, -0.15) is 0 Å². The van der Waals surface area contributed by atoms with Crippen LogP contribution in [0, 0.1) is 46.3 Å². The number of ether oxygens (including phenoxy) is 2. The molecule has 210 valence electrons. The van der Waals surface area contributed by atoms with Gasteiger partial charge in [0, 0.05) is 12.3 Å². The number of hydrogen-bond donors (Lipinski definition) is 0. The van der Waals surface area contributed by atoms with E-state index in [0.717, 1.165) is 44.1 Å². The summed E-state index contributed by atoms with van der Waals surface area (Å²) in [4.78, 5) is 34.9. The molecule has 2 saturated carbocycles. The fraction of sp³-hybridized carbons (Fsp3) is 0.839. The van der Waals surface area contributed by atoms with Crippen molar-refractivity contribution in [3.63, 3.8) is 0 Å². The molecule has 0 bridgehead atoms. The van der Waals surface area contributed by atoms with E-state index in [4.69, 9.17) is 21.1 Å². The zero-order chi connectivity index (χ0) is 27.8. The summed E-state index contributed by atoms with van der Waals surface area (Å²) >= 11 is 6.67. The molecule has 37 heavy (non-hydrogen) atoms. The van der Waals surface area contributed by atoms with Gasteiger partial charge in [0.05, 0.1) is 5.38 Å². The Morgan fingerprint density at radius 2 is 1.84 bits per heavy atom. The molecular weight excluding hydrogens is 488 g/mol. The predicted octanol–water partition coefficient (Wildman–Crippen LogP) is 7.14. The summed E-state index contributed by atoms with van der Waals surface area (Å²) in [5.41, 5.74) is 0.414. The summed E-state index contributed by atoms with van der Waals surface area (Å²) in [6, 6.07) is 0. The van der Waals surface area contributed by atoms with Crippen molar-refractivity contribution < 1.29 is 23.9 Å². The van der Waals surface area contributed by atoms with Gasteiger partial charge in [0.2, 0.25) is 0 Å². The van der Waals surface area contributed by atoms with Gasteiger partial charge in [0.25, 0.3) is 12.9 Å². The summed E-state index contributed by atoms with van der Waals surface area (Å²) in [5, 5.41) is -0.239. The Hall–Kier alpha value is -1.36. The van der Waals surface area contributed by atoms with Crippen LogP contribution >= 0.6 is 11.6 Å². The molecule has 6 heteroatoms. The minimum absolute atomic E-state index is 0.0988. The van der Waals surface area contributed by atoms with Crippen molar-refractivity contribution in [1.82, 2.24) is 0 Å². The quantitative estimate of drug-likeness (QED) is 0.207. The van der Waals surface area contributed by atoms with E-state index < -0.39 is 5.60 Å². The molecule has 0 aromatic carbocycles. The summed E-state index contributed by atoms with van der Waals surface area (Å²) in [7, 11) is 0. The van der Waals surface area contributed by atoms with E-state index in [0.29, 0.717) is 49.0 Å². The second-order valence-electron chi connectivity index (χ2n) is 13.4. The highest BCUT2D eigenvalue weighted by atomic mass is 35.5. The van der Waals surface area contributed by atoms with Crippen molar-refractivity contribution in [2.45, 2.75) is 117 Å². The van der Waals surface area contributed by atoms with Crippen LogP contribution in [0.5, 0.6) is 0 Å². The molecule has 0 spiro atoms. The Labute approximate surface area is 229 Å². The largest absolute Gasteiger partial charge is 0.460 e. The molecule has 3 rings (SSSR count). The van der Waals surface area contributed by atoms with Gasteiger partial charge in [0.1, 0.15) is 11.7 Å². The molecule has 10 atom stereocenters. The molecule has 2 fully saturated rings. The summed E-state index contributed by atoms with van der Waals surface area (Å²) in [6.45, 7) is 18.9. The van der Waals surface area contributed by atoms with Crippen LogP contribution in [0.15, 0.2) is 11.6 Å². The second kappa shape index (κ2) is 11.4. The van der Waals surface area contributed by atoms with Crippen molar-refractivity contribution in [3.05, 3.63) is 11.6 Å². The lowest BCUT2D eigenvalue weighted by Gasteiger charge is -2.63. The number of fused-ring (bicyclic) bond motifs is 3. The molecule has 3 aliphatic rings. The average Bonchev–Trinajstić information content (AvgIpc) is 2.85. The maximum Gasteiger partial charge on any atom is 0.293 e. The monoisotopic (exact) mass is 536 g/mol. The molecule has 3 aliphatic carbocycles. The Morgan fingerprint density at radius 3 is 2.43 bits per heavy atom. The van der Waals surface area contributed by atoms with Crippen LogP contribution < -0.4 is 0 Å². The first-order valence-corrected chi connectivity index (χ1v) is 14.8. The number of carbonyl (C=O) groups is 3. The van der Waals surface area contributed by atoms with Crippen molar-refractivity contribution in [1.29, 1.82) is 0 Å². The Bertz CT molecular complexity index is 883. The minimum atomic E-state index is -0.687. The fourth-order valence-electron chi connectivity index (χ4n) is 8.69. The molecule has 0 aromatic rings. The highest BCUT2D eigenvalue weighted by molar-refractivity contribution is 6.21. The zero-order valence-electron chi connectivity index (χ0n) is 24.2. The first-order chi connectivity index (χ1) is 17.3. The highest BCUT2D eigenvalue weighted by Crippen LogP contribution is 2.66. The van der Waals surface area contributed by atoms with E-state index in [-0.39, 0.29) is 34.0 Å². The van der Waals surface area contributed by atoms with E-state index >= 15 is 0 Å². The Morgan fingerprint density at radius 1 is 1.16 bits per heavy atom. The number of allylic oxidation sites excluding steroid dienone is 1. The van der Waals surface area contributed by atoms with Crippen LogP contribution in [0.3, 0.4) is 0 Å². The number of ketones is 1. The maximum absolute atomic E-state index is 12.4. The topological polar surface area (TPSA) is 69.7 Å². The Kier molecular flexibility index (Phi) is 9.30. The second-order valence-corrected chi connectivity index (χ2v) is 13.9. The Balaban J connectivity index is 1.87. The molecule has 0 amide bonds. The SMILES string of the molecule is CC[C@H]1C2C(C)C(OC=O)C3=CC(=O)CCC3(C)[C@H]2CCC1(C)C(C)[C@H](C)CCC(Cl)C(C)(C)OC=O. The third-order valence-corrected chi connectivity index (χ3v) is 12.1. The van der Waals surface area contributed by atoms with Crippen LogP contribution in [-0.4, -0.2) is 35.8 Å². The highest BCUT2D eigenvalue weighted by Gasteiger charge is 2.61. The first kappa shape index (κ1) is 30.2. The lowest BCUT2D eigenvalue weighted by Crippen LogP contribution is -2.59. The summed E-state index contributed by atoms with van der Waals surface area (Å²) in [5.74, 6) is 2.68. The van der Waals surface area contributed by atoms with Crippen molar-refractivity contribution in [2.24, 2.45) is 46.3 Å². The van der Waals surface area contributed by atoms with Gasteiger partial charge in [-0.05, 0) is 98.0 Å². The van der Waals surface area contributed by atoms with E-state index in [1.165, 1.54) is 0 Å². The number of hydrogen-bond acceptors (Lipinski definition) is 5. The van der Waals surface area contributed by atoms with Crippen LogP contribution in [0.25, 0.3) is 0 Å². The van der Waals surface area contributed by atoms with Gasteiger partial charge in [-0.1, -0.05) is 48.0 Å². The van der Waals surface area contributed by atoms with Crippen molar-refractivity contribution >= 4 is 30.3 Å². The van der Waals surface area contributed by atoms with Gasteiger partial charge in [0.15, 0.2) is 5.78 Å². The van der Waals surface area contributed by atoms with E-state index in [1.54, 1.807) is 0 Å². The third kappa shape index (κ3) is 5.40. The zero-order valence-corrected chi connectivity index (χ0v) is 25.0. The predicted molar refractivity (Wildman–Crippen MR) is 147 cm³/mol. The van der Waals surface area contributed by atoms with Crippen LogP contribution in [0.2, 0.25) is 0 Å². The van der Waals surface area contributed by atoms with Crippen LogP contribution in [0.1, 0.15) is 100 Å². The first-order valence-electron chi connectivity index (χ1n) is 14.4. The molecular formula is C31H49ClO5. The van der Waals surface area contributed by atoms with Crippen molar-refractivity contribution in [2.75, 3.05) is 0 Å². The van der Waals surface area contributed by atoms with Crippen LogP contribution in [-0.2, 0) is 23.9 Å². The van der Waals surface area contributed by atoms with Crippen LogP contribution in [0.4, 0.5) is 0 Å². The van der Waals surface area contributed by atoms with E-state index in [1.807, 2.05) is 19.9 Å². The minimum Gasteiger partial charge on any atom is -0.460 e. The standard InChI is InChI=1S/C31H49ClO5/c1-9-23-27-20(3)28(36-17-33)25-16-22(35)12-14-31(25,8)24(27)13-15-30(23,7)21(4)19(2)10-11-26(32)29(5,6)37-18-34/h16-21,23-24,26-28H,9-15H2,1-8H3/t19-,20?,21?,23+,24+,26?,27?,28?,30?,31?/m1/s1. The molecule has 0 N–H and O–H groups in total. The normalized spacial score (nSPS) is 38.4. The molecule has 0 radical (unpaired) electrons. The van der Waals surface area contributed by atoms with Crippen molar-refractivity contribution in [3.8, 4) is 0 Å². The van der Waals surface area contributed by atoms with Gasteiger partial charge in [-0.3, -0.25) is 14.4 Å². The molecule has 0 saturated heterocycles. The molecule has 0 aliphatic heterocycles. The maximum atomic E-state index is 12.4. The number of rotatable bonds is 11. The summed E-state index contributed by atoms with van der Waals surface area (Å²) < 4.78 is 11.0. The lowest BCUT2D eigenvalue weighted by atomic mass is 9.42. The molecule has 5 nitrogen and oxygen atoms in total. The average molecular weight is 537 g/mol. The fourth-order valence-corrected chi connectivity index (χ4v) is 8.86. The smallest absolute Gasteiger partial charge is 0.293 e. The number of halogens is 1. The summed E-state index contributed by atoms with van der Waals surface area (Å²) in [6.07, 6.45) is 8.04. The van der Waals surface area contributed by atoms with Gasteiger partial charge >= 0.3 is 0 Å². The van der Waals surface area contributed by atoms with E-state index in [2.05, 4.69) is 41.5 Å². The molecule has 0 aromatic heterocycles. The van der Waals surface area contributed by atoms with E-state index in [9.17, 15) is 14.4 Å². The van der Waals surface area contributed by atoms with Gasteiger partial charge in [-0.25, -0.2) is 0 Å².